The molecule has 0 aliphatic carbocycles. The van der Waals surface area contributed by atoms with Crippen LogP contribution < -0.4 is 9.47 Å². The summed E-state index contributed by atoms with van der Waals surface area (Å²) >= 11 is 1.32. The van der Waals surface area contributed by atoms with Crippen LogP contribution in [0, 0.1) is 12.3 Å². The largest absolute Gasteiger partial charge is 0.493 e. The molecule has 6 heteroatoms. The number of aryl methyl sites for hydroxylation is 1. The van der Waals surface area contributed by atoms with Crippen LogP contribution in [-0.4, -0.2) is 36.7 Å². The number of methoxy groups -OCH3 is 1. The van der Waals surface area contributed by atoms with Gasteiger partial charge in [-0.15, -0.1) is 6.42 Å². The van der Waals surface area contributed by atoms with Crippen LogP contribution >= 0.6 is 11.8 Å². The van der Waals surface area contributed by atoms with Crippen molar-refractivity contribution in [3.63, 3.8) is 0 Å². The summed E-state index contributed by atoms with van der Waals surface area (Å²) in [6, 6.07) is 13.5. The standard InChI is InChI=1S/C23H22N2O3S/c1-5-14-28-21-17(8-7-9-19(21)27-4)15-20-22(26)25(3)23(29-20)24-18-12-10-16(6-2)11-13-18/h1,7-13,15H,6,14H2,2-4H3/b20-15+,24-23?. The first-order valence-electron chi connectivity index (χ1n) is 9.15. The zero-order valence-corrected chi connectivity index (χ0v) is 17.5. The maximum atomic E-state index is 12.7. The van der Waals surface area contributed by atoms with Crippen LogP contribution in [0.3, 0.4) is 0 Å². The van der Waals surface area contributed by atoms with Crippen LogP contribution in [0.25, 0.3) is 6.08 Å². The summed E-state index contributed by atoms with van der Waals surface area (Å²) in [5, 5.41) is 0.625. The topological polar surface area (TPSA) is 51.1 Å². The van der Waals surface area contributed by atoms with Crippen LogP contribution in [0.1, 0.15) is 18.1 Å². The third-order valence-electron chi connectivity index (χ3n) is 4.39. The minimum atomic E-state index is -0.121. The summed E-state index contributed by atoms with van der Waals surface area (Å²) in [5.74, 6) is 3.40. The Balaban J connectivity index is 1.92. The Morgan fingerprint density at radius 3 is 2.66 bits per heavy atom. The van der Waals surface area contributed by atoms with Gasteiger partial charge in [0.15, 0.2) is 16.7 Å². The van der Waals surface area contributed by atoms with E-state index in [4.69, 9.17) is 15.9 Å². The summed E-state index contributed by atoms with van der Waals surface area (Å²) < 4.78 is 11.0. The van der Waals surface area contributed by atoms with Crippen LogP contribution in [0.15, 0.2) is 52.4 Å². The molecule has 0 N–H and O–H groups in total. The molecule has 0 spiro atoms. The molecule has 1 heterocycles. The van der Waals surface area contributed by atoms with E-state index in [0.717, 1.165) is 17.7 Å². The van der Waals surface area contributed by atoms with Gasteiger partial charge in [0.2, 0.25) is 0 Å². The Morgan fingerprint density at radius 2 is 2.00 bits per heavy atom. The molecule has 148 valence electrons. The van der Waals surface area contributed by atoms with E-state index in [0.29, 0.717) is 21.6 Å². The number of benzene rings is 2. The van der Waals surface area contributed by atoms with Crippen LogP contribution in [0.2, 0.25) is 0 Å². The molecule has 5 nitrogen and oxygen atoms in total. The number of rotatable bonds is 6. The first-order chi connectivity index (χ1) is 14.1. The highest BCUT2D eigenvalue weighted by Crippen LogP contribution is 2.37. The van der Waals surface area contributed by atoms with Crippen molar-refractivity contribution in [3.05, 3.63) is 58.5 Å². The molecule has 29 heavy (non-hydrogen) atoms. The van der Waals surface area contributed by atoms with Gasteiger partial charge in [0.25, 0.3) is 5.91 Å². The van der Waals surface area contributed by atoms with Crippen molar-refractivity contribution in [1.29, 1.82) is 0 Å². The van der Waals surface area contributed by atoms with Crippen molar-refractivity contribution >= 4 is 34.6 Å². The van der Waals surface area contributed by atoms with Gasteiger partial charge in [-0.25, -0.2) is 4.99 Å². The molecule has 0 saturated carbocycles. The van der Waals surface area contributed by atoms with Gasteiger partial charge in [0, 0.05) is 12.6 Å². The fourth-order valence-corrected chi connectivity index (χ4v) is 3.76. The number of hydrogen-bond acceptors (Lipinski definition) is 5. The smallest absolute Gasteiger partial charge is 0.266 e. The highest BCUT2D eigenvalue weighted by molar-refractivity contribution is 8.18. The molecule has 1 aliphatic heterocycles. The number of carbonyl (C=O) groups is 1. The number of amidine groups is 1. The van der Waals surface area contributed by atoms with Gasteiger partial charge in [0.05, 0.1) is 17.7 Å². The van der Waals surface area contributed by atoms with E-state index in [9.17, 15) is 4.79 Å². The van der Waals surface area contributed by atoms with E-state index in [-0.39, 0.29) is 12.5 Å². The zero-order chi connectivity index (χ0) is 20.8. The molecule has 2 aromatic carbocycles. The van der Waals surface area contributed by atoms with Gasteiger partial charge in [-0.3, -0.25) is 9.69 Å². The average Bonchev–Trinajstić information content (AvgIpc) is 3.01. The molecule has 3 rings (SSSR count). The van der Waals surface area contributed by atoms with E-state index < -0.39 is 0 Å². The monoisotopic (exact) mass is 406 g/mol. The van der Waals surface area contributed by atoms with Gasteiger partial charge in [0.1, 0.15) is 6.61 Å². The van der Waals surface area contributed by atoms with Crippen LogP contribution in [-0.2, 0) is 11.2 Å². The first kappa shape index (κ1) is 20.6. The lowest BCUT2D eigenvalue weighted by atomic mass is 10.1. The third-order valence-corrected chi connectivity index (χ3v) is 5.45. The summed E-state index contributed by atoms with van der Waals surface area (Å²) in [5.41, 5.74) is 2.78. The summed E-state index contributed by atoms with van der Waals surface area (Å²) in [6.45, 7) is 2.22. The van der Waals surface area contributed by atoms with Gasteiger partial charge in [-0.1, -0.05) is 37.1 Å². The number of terminal acetylenes is 1. The van der Waals surface area contributed by atoms with Crippen LogP contribution in [0.5, 0.6) is 11.5 Å². The number of likely N-dealkylation sites (N-methyl/N-ethyl adjacent to an activating group) is 1. The van der Waals surface area contributed by atoms with Gasteiger partial charge in [-0.05, 0) is 48.0 Å². The molecular formula is C23H22N2O3S. The number of nitrogens with zero attached hydrogens (tertiary/aromatic N) is 2. The van der Waals surface area contributed by atoms with E-state index in [2.05, 4.69) is 17.8 Å². The second kappa shape index (κ2) is 9.35. The molecule has 0 aromatic heterocycles. The van der Waals surface area contributed by atoms with Crippen molar-refractivity contribution in [2.24, 2.45) is 4.99 Å². The fourth-order valence-electron chi connectivity index (χ4n) is 2.79. The summed E-state index contributed by atoms with van der Waals surface area (Å²) in [4.78, 5) is 19.5. The molecule has 1 aliphatic rings. The molecule has 0 radical (unpaired) electrons. The Kier molecular flexibility index (Phi) is 6.63. The van der Waals surface area contributed by atoms with Gasteiger partial charge in [-0.2, -0.15) is 0 Å². The molecule has 0 atom stereocenters. The van der Waals surface area contributed by atoms with E-state index >= 15 is 0 Å². The number of hydrogen-bond donors (Lipinski definition) is 0. The predicted octanol–water partition coefficient (Wildman–Crippen LogP) is 4.50. The molecular weight excluding hydrogens is 384 g/mol. The second-order valence-electron chi connectivity index (χ2n) is 6.26. The quantitative estimate of drug-likeness (QED) is 0.523. The Morgan fingerprint density at radius 1 is 1.24 bits per heavy atom. The normalized spacial score (nSPS) is 16.3. The predicted molar refractivity (Wildman–Crippen MR) is 119 cm³/mol. The SMILES string of the molecule is C#CCOc1c(/C=C2/SC(=Nc3ccc(CC)cc3)N(C)C2=O)cccc1OC. The van der Waals surface area contributed by atoms with Gasteiger partial charge < -0.3 is 9.47 Å². The first-order valence-corrected chi connectivity index (χ1v) is 9.97. The van der Waals surface area contributed by atoms with Crippen molar-refractivity contribution in [2.75, 3.05) is 20.8 Å². The van der Waals surface area contributed by atoms with Crippen molar-refractivity contribution < 1.29 is 14.3 Å². The lowest BCUT2D eigenvalue weighted by molar-refractivity contribution is -0.121. The highest BCUT2D eigenvalue weighted by Gasteiger charge is 2.30. The zero-order valence-electron chi connectivity index (χ0n) is 16.6. The average molecular weight is 407 g/mol. The Labute approximate surface area is 175 Å². The summed E-state index contributed by atoms with van der Waals surface area (Å²) in [6.07, 6.45) is 8.07. The number of amides is 1. The van der Waals surface area contributed by atoms with Crippen LogP contribution in [0.4, 0.5) is 5.69 Å². The van der Waals surface area contributed by atoms with Crippen molar-refractivity contribution in [3.8, 4) is 23.8 Å². The summed E-state index contributed by atoms with van der Waals surface area (Å²) in [7, 11) is 3.28. The van der Waals surface area contributed by atoms with E-state index in [1.54, 1.807) is 31.2 Å². The molecule has 0 unspecified atom stereocenters. The Hall–Kier alpha value is -3.17. The molecule has 1 amide bonds. The second-order valence-corrected chi connectivity index (χ2v) is 7.27. The van der Waals surface area contributed by atoms with Crippen molar-refractivity contribution in [2.45, 2.75) is 13.3 Å². The van der Waals surface area contributed by atoms with Gasteiger partial charge >= 0.3 is 0 Å². The molecule has 2 aromatic rings. The number of para-hydroxylation sites is 1. The lowest BCUT2D eigenvalue weighted by Gasteiger charge is -2.11. The highest BCUT2D eigenvalue weighted by atomic mass is 32.2. The lowest BCUT2D eigenvalue weighted by Crippen LogP contribution is -2.23. The maximum absolute atomic E-state index is 12.7. The maximum Gasteiger partial charge on any atom is 0.266 e. The number of aliphatic imine (C=N–C) groups is 1. The van der Waals surface area contributed by atoms with Crippen molar-refractivity contribution in [1.82, 2.24) is 4.90 Å². The number of ether oxygens (including phenoxy) is 2. The number of carbonyl (C=O) groups excluding carboxylic acids is 1. The Bertz CT molecular complexity index is 1000. The minimum absolute atomic E-state index is 0.109. The molecule has 0 bridgehead atoms. The fraction of sp³-hybridized carbons (Fsp3) is 0.217. The molecule has 1 saturated heterocycles. The third kappa shape index (κ3) is 4.64. The van der Waals surface area contributed by atoms with E-state index in [1.807, 2.05) is 36.4 Å². The minimum Gasteiger partial charge on any atom is -0.493 e. The molecule has 1 fully saturated rings. The van der Waals surface area contributed by atoms with E-state index in [1.165, 1.54) is 17.3 Å². The number of thioether (sulfide) groups is 1.